The molecule has 0 heterocycles. The maximum absolute atomic E-state index is 12.0. The Labute approximate surface area is 152 Å². The average Bonchev–Trinajstić information content (AvgIpc) is 2.59. The third-order valence-corrected chi connectivity index (χ3v) is 5.08. The standard InChI is InChI=1S/C20H35NO4/c1-5-7-15(3)8-11-18(20(24)25-4)13-10-16(14-21)9-12-17(6-2)19(22)23/h15-18H,5-13H2,1-4H3,(H,22,23). The van der Waals surface area contributed by atoms with Crippen molar-refractivity contribution in [2.45, 2.75) is 78.6 Å². The number of carboxylic acids is 1. The van der Waals surface area contributed by atoms with Gasteiger partial charge in [-0.15, -0.1) is 0 Å². The molecule has 0 saturated carbocycles. The van der Waals surface area contributed by atoms with Gasteiger partial charge in [0.05, 0.1) is 25.0 Å². The molecule has 0 bridgehead atoms. The van der Waals surface area contributed by atoms with Gasteiger partial charge in [0.1, 0.15) is 0 Å². The van der Waals surface area contributed by atoms with Gasteiger partial charge < -0.3 is 9.84 Å². The van der Waals surface area contributed by atoms with E-state index in [1.807, 2.05) is 6.92 Å². The van der Waals surface area contributed by atoms with Gasteiger partial charge in [-0.05, 0) is 50.9 Å². The summed E-state index contributed by atoms with van der Waals surface area (Å²) in [4.78, 5) is 23.1. The fourth-order valence-electron chi connectivity index (χ4n) is 3.25. The number of ether oxygens (including phenoxy) is 1. The minimum atomic E-state index is -0.795. The monoisotopic (exact) mass is 353 g/mol. The molecule has 0 aromatic carbocycles. The molecule has 5 nitrogen and oxygen atoms in total. The minimum absolute atomic E-state index is 0.165. The molecule has 0 rings (SSSR count). The van der Waals surface area contributed by atoms with E-state index in [2.05, 4.69) is 19.9 Å². The van der Waals surface area contributed by atoms with Gasteiger partial charge in [0.2, 0.25) is 0 Å². The van der Waals surface area contributed by atoms with Gasteiger partial charge in [-0.25, -0.2) is 0 Å². The van der Waals surface area contributed by atoms with Crippen LogP contribution in [0.15, 0.2) is 0 Å². The number of aliphatic carboxylic acids is 1. The maximum atomic E-state index is 12.0. The van der Waals surface area contributed by atoms with Crippen LogP contribution in [-0.4, -0.2) is 24.2 Å². The van der Waals surface area contributed by atoms with Gasteiger partial charge in [-0.2, -0.15) is 5.26 Å². The van der Waals surface area contributed by atoms with E-state index >= 15 is 0 Å². The highest BCUT2D eigenvalue weighted by Crippen LogP contribution is 2.25. The molecule has 0 aliphatic heterocycles. The Bertz CT molecular complexity index is 430. The zero-order valence-corrected chi connectivity index (χ0v) is 16.3. The molecule has 0 amide bonds. The summed E-state index contributed by atoms with van der Waals surface area (Å²) in [6, 6.07) is 2.27. The van der Waals surface area contributed by atoms with Gasteiger partial charge in [0.15, 0.2) is 0 Å². The summed E-state index contributed by atoms with van der Waals surface area (Å²) in [5.41, 5.74) is 0. The highest BCUT2D eigenvalue weighted by Gasteiger charge is 2.23. The van der Waals surface area contributed by atoms with Crippen molar-refractivity contribution in [3.05, 3.63) is 0 Å². The smallest absolute Gasteiger partial charge is 0.308 e. The van der Waals surface area contributed by atoms with E-state index in [1.54, 1.807) is 0 Å². The first-order valence-electron chi connectivity index (χ1n) is 9.59. The number of carbonyl (C=O) groups is 2. The predicted octanol–water partition coefficient (Wildman–Crippen LogP) is 4.80. The molecule has 0 radical (unpaired) electrons. The van der Waals surface area contributed by atoms with Crippen LogP contribution in [0.1, 0.15) is 78.6 Å². The van der Waals surface area contributed by atoms with Crippen LogP contribution in [0, 0.1) is 35.0 Å². The van der Waals surface area contributed by atoms with E-state index in [0.717, 1.165) is 25.7 Å². The lowest BCUT2D eigenvalue weighted by Gasteiger charge is -2.19. The topological polar surface area (TPSA) is 87.4 Å². The van der Waals surface area contributed by atoms with E-state index < -0.39 is 5.97 Å². The number of carboxylic acid groups (broad SMARTS) is 1. The lowest BCUT2D eigenvalue weighted by molar-refractivity contribution is -0.146. The van der Waals surface area contributed by atoms with Gasteiger partial charge in [0, 0.05) is 5.92 Å². The van der Waals surface area contributed by atoms with Crippen molar-refractivity contribution in [2.24, 2.45) is 23.7 Å². The summed E-state index contributed by atoms with van der Waals surface area (Å²) in [7, 11) is 1.41. The number of carbonyl (C=O) groups excluding carboxylic acids is 1. The Hall–Kier alpha value is -1.57. The summed E-state index contributed by atoms with van der Waals surface area (Å²) in [5.74, 6) is -1.16. The first-order valence-corrected chi connectivity index (χ1v) is 9.59. The summed E-state index contributed by atoms with van der Waals surface area (Å²) in [6.45, 7) is 6.21. The van der Waals surface area contributed by atoms with E-state index in [4.69, 9.17) is 9.84 Å². The highest BCUT2D eigenvalue weighted by atomic mass is 16.5. The molecular weight excluding hydrogens is 318 g/mol. The van der Waals surface area contributed by atoms with Gasteiger partial charge in [-0.1, -0.05) is 33.6 Å². The SMILES string of the molecule is CCCC(C)CCC(CCC(C#N)CCC(CC)C(=O)O)C(=O)OC. The third kappa shape index (κ3) is 10.1. The number of methoxy groups -OCH3 is 1. The molecule has 0 fully saturated rings. The molecule has 144 valence electrons. The number of esters is 1. The van der Waals surface area contributed by atoms with E-state index in [1.165, 1.54) is 7.11 Å². The Morgan fingerprint density at radius 3 is 2.00 bits per heavy atom. The van der Waals surface area contributed by atoms with Gasteiger partial charge >= 0.3 is 11.9 Å². The lowest BCUT2D eigenvalue weighted by Crippen LogP contribution is -2.19. The van der Waals surface area contributed by atoms with Crippen molar-refractivity contribution < 1.29 is 19.4 Å². The van der Waals surface area contributed by atoms with Crippen LogP contribution in [0.2, 0.25) is 0 Å². The molecule has 25 heavy (non-hydrogen) atoms. The van der Waals surface area contributed by atoms with Gasteiger partial charge in [0.25, 0.3) is 0 Å². The predicted molar refractivity (Wildman–Crippen MR) is 97.8 cm³/mol. The molecule has 0 spiro atoms. The first kappa shape index (κ1) is 23.4. The van der Waals surface area contributed by atoms with E-state index in [9.17, 15) is 14.9 Å². The third-order valence-electron chi connectivity index (χ3n) is 5.08. The number of nitrogens with zero attached hydrogens (tertiary/aromatic N) is 1. The number of hydrogen-bond donors (Lipinski definition) is 1. The zero-order chi connectivity index (χ0) is 19.2. The van der Waals surface area contributed by atoms with Crippen LogP contribution in [0.3, 0.4) is 0 Å². The van der Waals surface area contributed by atoms with E-state index in [0.29, 0.717) is 38.0 Å². The van der Waals surface area contributed by atoms with Crippen molar-refractivity contribution in [2.75, 3.05) is 7.11 Å². The van der Waals surface area contributed by atoms with Crippen LogP contribution < -0.4 is 0 Å². The molecule has 0 aliphatic rings. The average molecular weight is 354 g/mol. The second-order valence-corrected chi connectivity index (χ2v) is 7.12. The number of rotatable bonds is 14. The summed E-state index contributed by atoms with van der Waals surface area (Å²) >= 11 is 0. The van der Waals surface area contributed by atoms with E-state index in [-0.39, 0.29) is 23.7 Å². The van der Waals surface area contributed by atoms with Crippen molar-refractivity contribution >= 4 is 11.9 Å². The second-order valence-electron chi connectivity index (χ2n) is 7.12. The fraction of sp³-hybridized carbons (Fsp3) is 0.850. The summed E-state index contributed by atoms with van der Waals surface area (Å²) in [5, 5.41) is 18.4. The number of hydrogen-bond acceptors (Lipinski definition) is 4. The minimum Gasteiger partial charge on any atom is -0.481 e. The molecule has 4 unspecified atom stereocenters. The van der Waals surface area contributed by atoms with Crippen molar-refractivity contribution in [3.63, 3.8) is 0 Å². The Kier molecular flexibility index (Phi) is 12.8. The van der Waals surface area contributed by atoms with Crippen LogP contribution in [0.4, 0.5) is 0 Å². The first-order chi connectivity index (χ1) is 11.9. The van der Waals surface area contributed by atoms with Crippen LogP contribution >= 0.6 is 0 Å². The van der Waals surface area contributed by atoms with Crippen molar-refractivity contribution in [3.8, 4) is 6.07 Å². The molecule has 1 N–H and O–H groups in total. The normalized spacial score (nSPS) is 15.6. The summed E-state index contributed by atoms with van der Waals surface area (Å²) < 4.78 is 4.92. The molecule has 5 heteroatoms. The lowest BCUT2D eigenvalue weighted by atomic mass is 9.86. The highest BCUT2D eigenvalue weighted by molar-refractivity contribution is 5.72. The Morgan fingerprint density at radius 2 is 1.56 bits per heavy atom. The van der Waals surface area contributed by atoms with Crippen LogP contribution in [-0.2, 0) is 14.3 Å². The molecular formula is C20H35NO4. The van der Waals surface area contributed by atoms with Gasteiger partial charge in [-0.3, -0.25) is 9.59 Å². The molecule has 4 atom stereocenters. The Balaban J connectivity index is 4.50. The van der Waals surface area contributed by atoms with Crippen LogP contribution in [0.5, 0.6) is 0 Å². The molecule has 0 aromatic rings. The largest absolute Gasteiger partial charge is 0.481 e. The second kappa shape index (κ2) is 13.7. The zero-order valence-electron chi connectivity index (χ0n) is 16.3. The molecule has 0 saturated heterocycles. The van der Waals surface area contributed by atoms with Crippen molar-refractivity contribution in [1.29, 1.82) is 5.26 Å². The summed E-state index contributed by atoms with van der Waals surface area (Å²) in [6.07, 6.45) is 6.99. The maximum Gasteiger partial charge on any atom is 0.308 e. The van der Waals surface area contributed by atoms with Crippen LogP contribution in [0.25, 0.3) is 0 Å². The number of nitriles is 1. The van der Waals surface area contributed by atoms with Crippen molar-refractivity contribution in [1.82, 2.24) is 0 Å². The molecule has 0 aliphatic carbocycles. The quantitative estimate of drug-likeness (QED) is 0.453. The fourth-order valence-corrected chi connectivity index (χ4v) is 3.25. The molecule has 0 aromatic heterocycles. The Morgan fingerprint density at radius 1 is 1.00 bits per heavy atom.